The summed E-state index contributed by atoms with van der Waals surface area (Å²) in [4.78, 5) is 5.39. The molecule has 2 aromatic rings. The Kier molecular flexibility index (Phi) is 4.95. The number of hydrogen-bond acceptors (Lipinski definition) is 3. The van der Waals surface area contributed by atoms with Gasteiger partial charge in [0.25, 0.3) is 0 Å². The molecule has 0 unspecified atom stereocenters. The summed E-state index contributed by atoms with van der Waals surface area (Å²) in [7, 11) is 0. The highest BCUT2D eigenvalue weighted by molar-refractivity contribution is 5.15. The van der Waals surface area contributed by atoms with Gasteiger partial charge in [-0.05, 0) is 55.8 Å². The van der Waals surface area contributed by atoms with Crippen molar-refractivity contribution in [2.24, 2.45) is 0 Å². The Morgan fingerprint density at radius 2 is 2.00 bits per heavy atom. The van der Waals surface area contributed by atoms with Crippen LogP contribution in [0.4, 0.5) is 0 Å². The first-order valence-electron chi connectivity index (χ1n) is 9.37. The molecule has 2 aliphatic rings. The molecule has 2 aliphatic heterocycles. The fraction of sp³-hybridized carbons (Fsp3) is 0.550. The van der Waals surface area contributed by atoms with Crippen LogP contribution in [0, 0.1) is 0 Å². The molecule has 128 valence electrons. The fourth-order valence-corrected chi connectivity index (χ4v) is 4.34. The summed E-state index contributed by atoms with van der Waals surface area (Å²) in [5.74, 6) is 0.663. The van der Waals surface area contributed by atoms with Crippen LogP contribution in [0.15, 0.2) is 42.7 Å². The van der Waals surface area contributed by atoms with Crippen molar-refractivity contribution in [3.63, 3.8) is 0 Å². The average molecular weight is 324 g/mol. The molecule has 0 amide bonds. The summed E-state index contributed by atoms with van der Waals surface area (Å²) in [6.07, 6.45) is 9.21. The van der Waals surface area contributed by atoms with Crippen molar-refractivity contribution in [1.82, 2.24) is 20.0 Å². The third-order valence-corrected chi connectivity index (χ3v) is 5.77. The molecule has 1 aromatic heterocycles. The van der Waals surface area contributed by atoms with Crippen LogP contribution in [0.1, 0.15) is 36.3 Å². The van der Waals surface area contributed by atoms with Crippen LogP contribution in [0.25, 0.3) is 0 Å². The summed E-state index contributed by atoms with van der Waals surface area (Å²) >= 11 is 0. The maximum atomic E-state index is 4.13. The molecular weight excluding hydrogens is 296 g/mol. The maximum Gasteiger partial charge on any atom is 0.0522 e. The summed E-state index contributed by atoms with van der Waals surface area (Å²) < 4.78 is 0. The van der Waals surface area contributed by atoms with E-state index in [9.17, 15) is 0 Å². The van der Waals surface area contributed by atoms with Crippen LogP contribution in [-0.4, -0.2) is 58.8 Å². The van der Waals surface area contributed by atoms with Crippen LogP contribution in [0.5, 0.6) is 0 Å². The minimum atomic E-state index is 0.663. The lowest BCUT2D eigenvalue weighted by Gasteiger charge is -2.36. The molecule has 0 saturated carbocycles. The van der Waals surface area contributed by atoms with E-state index in [0.29, 0.717) is 5.92 Å². The van der Waals surface area contributed by atoms with Crippen LogP contribution < -0.4 is 0 Å². The van der Waals surface area contributed by atoms with E-state index in [4.69, 9.17) is 0 Å². The van der Waals surface area contributed by atoms with E-state index in [0.717, 1.165) is 6.04 Å². The van der Waals surface area contributed by atoms with Crippen molar-refractivity contribution in [2.45, 2.75) is 37.6 Å². The number of benzene rings is 1. The molecule has 0 bridgehead atoms. The Balaban J connectivity index is 1.28. The zero-order valence-corrected chi connectivity index (χ0v) is 14.4. The molecule has 4 rings (SSSR count). The summed E-state index contributed by atoms with van der Waals surface area (Å²) in [5, 5.41) is 7.11. The van der Waals surface area contributed by atoms with Gasteiger partial charge in [-0.2, -0.15) is 5.10 Å². The number of aromatic nitrogens is 2. The SMILES string of the molecule is c1ccc(CCN2CC[C@@H](N3CCC[C@H](c4cn[nH]c4)C3)C2)cc1. The van der Waals surface area contributed by atoms with E-state index >= 15 is 0 Å². The molecule has 1 aromatic carbocycles. The van der Waals surface area contributed by atoms with E-state index in [1.165, 1.54) is 69.5 Å². The van der Waals surface area contributed by atoms with Gasteiger partial charge < -0.3 is 4.90 Å². The second-order valence-corrected chi connectivity index (χ2v) is 7.34. The number of rotatable bonds is 5. The number of nitrogens with one attached hydrogen (secondary N) is 1. The Hall–Kier alpha value is -1.65. The monoisotopic (exact) mass is 324 g/mol. The van der Waals surface area contributed by atoms with Crippen molar-refractivity contribution >= 4 is 0 Å². The Labute approximate surface area is 144 Å². The average Bonchev–Trinajstić information content (AvgIpc) is 3.33. The van der Waals surface area contributed by atoms with Gasteiger partial charge in [0, 0.05) is 31.9 Å². The van der Waals surface area contributed by atoms with Gasteiger partial charge >= 0.3 is 0 Å². The molecular formula is C20H28N4. The predicted molar refractivity (Wildman–Crippen MR) is 97.1 cm³/mol. The maximum absolute atomic E-state index is 4.13. The van der Waals surface area contributed by atoms with Crippen molar-refractivity contribution < 1.29 is 0 Å². The van der Waals surface area contributed by atoms with Crippen LogP contribution in [0.3, 0.4) is 0 Å². The van der Waals surface area contributed by atoms with Crippen molar-refractivity contribution in [2.75, 3.05) is 32.7 Å². The van der Waals surface area contributed by atoms with Crippen molar-refractivity contribution in [3.8, 4) is 0 Å². The Morgan fingerprint density at radius 3 is 2.83 bits per heavy atom. The van der Waals surface area contributed by atoms with Crippen LogP contribution >= 0.6 is 0 Å². The zero-order chi connectivity index (χ0) is 16.2. The third-order valence-electron chi connectivity index (χ3n) is 5.77. The number of H-pyrrole nitrogens is 1. The number of hydrogen-bond donors (Lipinski definition) is 1. The molecule has 4 heteroatoms. The Bertz CT molecular complexity index is 610. The standard InChI is InChI=1S/C20H28N4/c1-2-5-17(6-3-1)8-11-23-12-9-20(16-23)24-10-4-7-18(15-24)19-13-21-22-14-19/h1-3,5-6,13-14,18,20H,4,7-12,15-16H2,(H,21,22)/t18-,20+/m0/s1. The first-order chi connectivity index (χ1) is 11.9. The summed E-state index contributed by atoms with van der Waals surface area (Å²) in [5.41, 5.74) is 2.84. The van der Waals surface area contributed by atoms with E-state index < -0.39 is 0 Å². The van der Waals surface area contributed by atoms with E-state index in [1.54, 1.807) is 0 Å². The van der Waals surface area contributed by atoms with E-state index in [2.05, 4.69) is 56.5 Å². The molecule has 0 spiro atoms. The van der Waals surface area contributed by atoms with Crippen LogP contribution in [0.2, 0.25) is 0 Å². The topological polar surface area (TPSA) is 35.2 Å². The third kappa shape index (κ3) is 3.70. The van der Waals surface area contributed by atoms with Gasteiger partial charge in [0.1, 0.15) is 0 Å². The van der Waals surface area contributed by atoms with Crippen molar-refractivity contribution in [3.05, 3.63) is 53.9 Å². The number of nitrogens with zero attached hydrogens (tertiary/aromatic N) is 3. The lowest BCUT2D eigenvalue weighted by Crippen LogP contribution is -2.43. The fourth-order valence-electron chi connectivity index (χ4n) is 4.34. The largest absolute Gasteiger partial charge is 0.301 e. The number of piperidine rings is 1. The second-order valence-electron chi connectivity index (χ2n) is 7.34. The highest BCUT2D eigenvalue weighted by Gasteiger charge is 2.31. The van der Waals surface area contributed by atoms with Crippen molar-refractivity contribution in [1.29, 1.82) is 0 Å². The molecule has 24 heavy (non-hydrogen) atoms. The van der Waals surface area contributed by atoms with Gasteiger partial charge in [-0.15, -0.1) is 0 Å². The molecule has 3 heterocycles. The van der Waals surface area contributed by atoms with Crippen LogP contribution in [-0.2, 0) is 6.42 Å². The first-order valence-corrected chi connectivity index (χ1v) is 9.37. The lowest BCUT2D eigenvalue weighted by atomic mass is 9.92. The molecule has 2 atom stereocenters. The smallest absolute Gasteiger partial charge is 0.0522 e. The van der Waals surface area contributed by atoms with Gasteiger partial charge in [-0.1, -0.05) is 30.3 Å². The minimum Gasteiger partial charge on any atom is -0.301 e. The molecule has 4 nitrogen and oxygen atoms in total. The molecule has 2 fully saturated rings. The normalized spacial score (nSPS) is 26.0. The van der Waals surface area contributed by atoms with E-state index in [-0.39, 0.29) is 0 Å². The second kappa shape index (κ2) is 7.49. The highest BCUT2D eigenvalue weighted by atomic mass is 15.3. The van der Waals surface area contributed by atoms with Gasteiger partial charge in [0.05, 0.1) is 6.20 Å². The predicted octanol–water partition coefficient (Wildman–Crippen LogP) is 2.91. The van der Waals surface area contributed by atoms with Gasteiger partial charge in [0.2, 0.25) is 0 Å². The van der Waals surface area contributed by atoms with Gasteiger partial charge in [-0.3, -0.25) is 10.00 Å². The molecule has 1 N–H and O–H groups in total. The van der Waals surface area contributed by atoms with Gasteiger partial charge in [-0.25, -0.2) is 0 Å². The lowest BCUT2D eigenvalue weighted by molar-refractivity contribution is 0.148. The number of aromatic amines is 1. The van der Waals surface area contributed by atoms with Gasteiger partial charge in [0.15, 0.2) is 0 Å². The van der Waals surface area contributed by atoms with E-state index in [1.807, 2.05) is 6.20 Å². The highest BCUT2D eigenvalue weighted by Crippen LogP contribution is 2.29. The zero-order valence-electron chi connectivity index (χ0n) is 14.4. The first kappa shape index (κ1) is 15.9. The quantitative estimate of drug-likeness (QED) is 0.918. The summed E-state index contributed by atoms with van der Waals surface area (Å²) in [6.45, 7) is 6.16. The molecule has 0 aliphatic carbocycles. The number of likely N-dealkylation sites (tertiary alicyclic amines) is 2. The molecule has 0 radical (unpaired) electrons. The molecule has 2 saturated heterocycles. The summed E-state index contributed by atoms with van der Waals surface area (Å²) in [6, 6.07) is 11.6. The minimum absolute atomic E-state index is 0.663. The Morgan fingerprint density at radius 1 is 1.08 bits per heavy atom.